The van der Waals surface area contributed by atoms with Gasteiger partial charge in [0.25, 0.3) is 0 Å². The van der Waals surface area contributed by atoms with Crippen LogP contribution < -0.4 is 5.73 Å². The minimum Gasteiger partial charge on any atom is -0.368 e. The molecule has 2 N–H and O–H groups in total. The molecule has 1 atom stereocenters. The maximum absolute atomic E-state index is 12.6. The van der Waals surface area contributed by atoms with Crippen LogP contribution in [0.4, 0.5) is 0 Å². The lowest BCUT2D eigenvalue weighted by Crippen LogP contribution is -2.53. The highest BCUT2D eigenvalue weighted by Gasteiger charge is 2.34. The summed E-state index contributed by atoms with van der Waals surface area (Å²) >= 11 is 1.63. The summed E-state index contributed by atoms with van der Waals surface area (Å²) in [5.74, 6) is 0.802. The van der Waals surface area contributed by atoms with Gasteiger partial charge in [0.15, 0.2) is 5.78 Å². The average molecular weight is 348 g/mol. The number of hydrogen-bond donors (Lipinski definition) is 1. The lowest BCUT2D eigenvalue weighted by atomic mass is 9.82. The number of rotatable bonds is 6. The zero-order chi connectivity index (χ0) is 17.7. The highest BCUT2D eigenvalue weighted by Crippen LogP contribution is 2.29. The van der Waals surface area contributed by atoms with E-state index < -0.39 is 17.4 Å². The second kappa shape index (κ2) is 7.83. The molecule has 0 saturated carbocycles. The summed E-state index contributed by atoms with van der Waals surface area (Å²) in [7, 11) is 0. The molecular formula is C18H24N2O3S. The van der Waals surface area contributed by atoms with Crippen molar-refractivity contribution in [2.75, 3.05) is 18.1 Å². The molecular weight excluding hydrogens is 324 g/mol. The van der Waals surface area contributed by atoms with Gasteiger partial charge in [0.1, 0.15) is 6.04 Å². The highest BCUT2D eigenvalue weighted by atomic mass is 32.2. The highest BCUT2D eigenvalue weighted by molar-refractivity contribution is 7.99. The van der Waals surface area contributed by atoms with E-state index >= 15 is 0 Å². The lowest BCUT2D eigenvalue weighted by Gasteiger charge is -2.35. The second-order valence-corrected chi connectivity index (χ2v) is 8.04. The summed E-state index contributed by atoms with van der Waals surface area (Å²) in [5.41, 5.74) is 5.60. The molecule has 5 nitrogen and oxygen atoms in total. The Labute approximate surface area is 147 Å². The van der Waals surface area contributed by atoms with Crippen molar-refractivity contribution in [2.24, 2.45) is 11.1 Å². The number of primary amides is 1. The van der Waals surface area contributed by atoms with Crippen molar-refractivity contribution >= 4 is 29.4 Å². The van der Waals surface area contributed by atoms with Gasteiger partial charge < -0.3 is 10.6 Å². The first-order valence-corrected chi connectivity index (χ1v) is 9.20. The van der Waals surface area contributed by atoms with Gasteiger partial charge in [-0.3, -0.25) is 14.4 Å². The number of carbonyl (C=O) groups excluding carboxylic acids is 3. The average Bonchev–Trinajstić information content (AvgIpc) is 2.54. The van der Waals surface area contributed by atoms with E-state index in [1.165, 1.54) is 0 Å². The molecule has 0 bridgehead atoms. The predicted molar refractivity (Wildman–Crippen MR) is 95.8 cm³/mol. The summed E-state index contributed by atoms with van der Waals surface area (Å²) in [4.78, 5) is 38.2. The van der Waals surface area contributed by atoms with Crippen molar-refractivity contribution in [1.82, 2.24) is 4.90 Å². The van der Waals surface area contributed by atoms with Crippen LogP contribution in [0.15, 0.2) is 30.3 Å². The van der Waals surface area contributed by atoms with Gasteiger partial charge in [-0.2, -0.15) is 11.8 Å². The van der Waals surface area contributed by atoms with Crippen molar-refractivity contribution in [3.8, 4) is 0 Å². The number of amides is 2. The minimum absolute atomic E-state index is 0.0223. The summed E-state index contributed by atoms with van der Waals surface area (Å²) in [6.45, 7) is 4.34. The monoisotopic (exact) mass is 348 g/mol. The number of carbonyl (C=O) groups is 3. The largest absolute Gasteiger partial charge is 0.368 e. The predicted octanol–water partition coefficient (Wildman–Crippen LogP) is 2.10. The zero-order valence-electron chi connectivity index (χ0n) is 14.2. The minimum atomic E-state index is -0.545. The Morgan fingerprint density at radius 3 is 2.50 bits per heavy atom. The van der Waals surface area contributed by atoms with Crippen molar-refractivity contribution in [3.05, 3.63) is 35.9 Å². The van der Waals surface area contributed by atoms with Crippen LogP contribution in [0.2, 0.25) is 0 Å². The van der Waals surface area contributed by atoms with Crippen LogP contribution in [-0.2, 0) is 9.59 Å². The first-order chi connectivity index (χ1) is 11.3. The fraction of sp³-hybridized carbons (Fsp3) is 0.500. The van der Waals surface area contributed by atoms with Gasteiger partial charge in [0.2, 0.25) is 11.8 Å². The van der Waals surface area contributed by atoms with Crippen LogP contribution in [0.3, 0.4) is 0 Å². The van der Waals surface area contributed by atoms with Gasteiger partial charge in [-0.05, 0) is 5.41 Å². The van der Waals surface area contributed by atoms with E-state index in [1.54, 1.807) is 28.8 Å². The molecule has 0 radical (unpaired) electrons. The molecule has 2 amide bonds. The molecule has 0 spiro atoms. The number of benzene rings is 1. The van der Waals surface area contributed by atoms with Crippen LogP contribution in [0.25, 0.3) is 0 Å². The topological polar surface area (TPSA) is 80.5 Å². The van der Waals surface area contributed by atoms with Crippen LogP contribution in [0, 0.1) is 5.41 Å². The molecule has 0 aromatic heterocycles. The van der Waals surface area contributed by atoms with E-state index in [4.69, 9.17) is 5.73 Å². The molecule has 6 heteroatoms. The summed E-state index contributed by atoms with van der Waals surface area (Å²) in [5, 5.41) is 0. The number of ketones is 1. The molecule has 0 aliphatic carbocycles. The Morgan fingerprint density at radius 2 is 1.88 bits per heavy atom. The van der Waals surface area contributed by atoms with Crippen LogP contribution in [-0.4, -0.2) is 46.6 Å². The maximum atomic E-state index is 12.6. The molecule has 1 aliphatic rings. The number of Topliss-reactive ketones (excluding diaryl/α,β-unsaturated/α-hetero) is 1. The number of nitrogens with two attached hydrogens (primary N) is 1. The van der Waals surface area contributed by atoms with E-state index in [-0.39, 0.29) is 24.5 Å². The van der Waals surface area contributed by atoms with E-state index in [0.29, 0.717) is 17.9 Å². The molecule has 1 aromatic carbocycles. The first-order valence-electron chi connectivity index (χ1n) is 8.05. The third-order valence-electron chi connectivity index (χ3n) is 4.14. The third-order valence-corrected chi connectivity index (χ3v) is 5.16. The van der Waals surface area contributed by atoms with Gasteiger partial charge in [0, 0.05) is 36.5 Å². The fourth-order valence-electron chi connectivity index (χ4n) is 2.87. The molecule has 1 aliphatic heterocycles. The van der Waals surface area contributed by atoms with E-state index in [1.807, 2.05) is 32.0 Å². The van der Waals surface area contributed by atoms with Crippen molar-refractivity contribution in [1.29, 1.82) is 0 Å². The van der Waals surface area contributed by atoms with Gasteiger partial charge >= 0.3 is 0 Å². The van der Waals surface area contributed by atoms with Crippen LogP contribution >= 0.6 is 11.8 Å². The molecule has 1 saturated heterocycles. The summed E-state index contributed by atoms with van der Waals surface area (Å²) in [6, 6.07) is 8.54. The maximum Gasteiger partial charge on any atom is 0.241 e. The standard InChI is InChI=1S/C18H24N2O3S/c1-18(2,10-15(21)13-6-4-3-5-7-13)11-16(22)20-8-9-24-12-14(20)17(19)23/h3-7,14H,8-12H2,1-2H3,(H2,19,23)/t14-/m1/s1. The molecule has 24 heavy (non-hydrogen) atoms. The van der Waals surface area contributed by atoms with Gasteiger partial charge in [-0.25, -0.2) is 0 Å². The first kappa shape index (κ1) is 18.5. The second-order valence-electron chi connectivity index (χ2n) is 6.89. The molecule has 1 fully saturated rings. The Balaban J connectivity index is 2.01. The van der Waals surface area contributed by atoms with Crippen LogP contribution in [0.5, 0.6) is 0 Å². The van der Waals surface area contributed by atoms with Crippen molar-refractivity contribution in [2.45, 2.75) is 32.7 Å². The third kappa shape index (κ3) is 4.84. The Hall–Kier alpha value is -1.82. The molecule has 1 aromatic rings. The smallest absolute Gasteiger partial charge is 0.241 e. The SMILES string of the molecule is CC(C)(CC(=O)c1ccccc1)CC(=O)N1CCSC[C@@H]1C(N)=O. The van der Waals surface area contributed by atoms with E-state index in [0.717, 1.165) is 5.75 Å². The van der Waals surface area contributed by atoms with Gasteiger partial charge in [-0.1, -0.05) is 44.2 Å². The molecule has 1 heterocycles. The van der Waals surface area contributed by atoms with E-state index in [2.05, 4.69) is 0 Å². The fourth-order valence-corrected chi connectivity index (χ4v) is 3.93. The number of nitrogens with zero attached hydrogens (tertiary/aromatic N) is 1. The zero-order valence-corrected chi connectivity index (χ0v) is 15.0. The van der Waals surface area contributed by atoms with Gasteiger partial charge in [0.05, 0.1) is 0 Å². The number of hydrogen-bond acceptors (Lipinski definition) is 4. The molecule has 0 unspecified atom stereocenters. The Morgan fingerprint density at radius 1 is 1.21 bits per heavy atom. The van der Waals surface area contributed by atoms with Crippen LogP contribution in [0.1, 0.15) is 37.0 Å². The number of thioether (sulfide) groups is 1. The summed E-state index contributed by atoms with van der Waals surface area (Å²) < 4.78 is 0. The Bertz CT molecular complexity index is 616. The van der Waals surface area contributed by atoms with E-state index in [9.17, 15) is 14.4 Å². The molecule has 130 valence electrons. The van der Waals surface area contributed by atoms with Crippen molar-refractivity contribution in [3.63, 3.8) is 0 Å². The molecule has 2 rings (SSSR count). The summed E-state index contributed by atoms with van der Waals surface area (Å²) in [6.07, 6.45) is 0.507. The normalized spacial score (nSPS) is 18.2. The quantitative estimate of drug-likeness (QED) is 0.799. The Kier molecular flexibility index (Phi) is 6.04. The van der Waals surface area contributed by atoms with Crippen molar-refractivity contribution < 1.29 is 14.4 Å². The lowest BCUT2D eigenvalue weighted by molar-refractivity contribution is -0.140. The van der Waals surface area contributed by atoms with Gasteiger partial charge in [-0.15, -0.1) is 0 Å².